The minimum Gasteiger partial charge on any atom is -0.495 e. The molecule has 0 radical (unpaired) electrons. The summed E-state index contributed by atoms with van der Waals surface area (Å²) in [4.78, 5) is 12.0. The van der Waals surface area contributed by atoms with Gasteiger partial charge in [-0.1, -0.05) is 36.4 Å². The van der Waals surface area contributed by atoms with E-state index in [9.17, 15) is 4.79 Å². The largest absolute Gasteiger partial charge is 0.495 e. The predicted octanol–water partition coefficient (Wildman–Crippen LogP) is 2.92. The normalized spacial score (nSPS) is 11.6. The monoisotopic (exact) mass is 314 g/mol. The van der Waals surface area contributed by atoms with Crippen molar-refractivity contribution in [2.75, 3.05) is 12.4 Å². The molecule has 2 aromatic carbocycles. The molecular weight excluding hydrogens is 292 g/mol. The summed E-state index contributed by atoms with van der Waals surface area (Å²) in [5.74, 6) is 0.190. The van der Waals surface area contributed by atoms with E-state index in [2.05, 4.69) is 5.32 Å². The van der Waals surface area contributed by atoms with Crippen molar-refractivity contribution in [3.8, 4) is 5.75 Å². The molecule has 23 heavy (non-hydrogen) atoms. The van der Waals surface area contributed by atoms with E-state index in [0.29, 0.717) is 12.2 Å². The van der Waals surface area contributed by atoms with Crippen molar-refractivity contribution in [1.82, 2.24) is 5.48 Å². The van der Waals surface area contributed by atoms with E-state index in [4.69, 9.17) is 9.94 Å². The molecule has 0 spiro atoms. The van der Waals surface area contributed by atoms with Crippen molar-refractivity contribution < 1.29 is 14.7 Å². The summed E-state index contributed by atoms with van der Waals surface area (Å²) in [6.45, 7) is 1.97. The molecule has 0 aliphatic carbocycles. The van der Waals surface area contributed by atoms with Crippen molar-refractivity contribution >= 4 is 11.6 Å². The summed E-state index contributed by atoms with van der Waals surface area (Å²) in [6.07, 6.45) is 1.27. The van der Waals surface area contributed by atoms with Gasteiger partial charge in [-0.15, -0.1) is 0 Å². The summed E-state index contributed by atoms with van der Waals surface area (Å²) >= 11 is 0. The fraction of sp³-hybridized carbons (Fsp3) is 0.278. The zero-order chi connectivity index (χ0) is 16.7. The van der Waals surface area contributed by atoms with E-state index in [1.807, 2.05) is 55.5 Å². The van der Waals surface area contributed by atoms with Crippen LogP contribution < -0.4 is 15.5 Å². The molecule has 0 aliphatic heterocycles. The van der Waals surface area contributed by atoms with Gasteiger partial charge in [0.05, 0.1) is 12.8 Å². The number of hydrogen-bond acceptors (Lipinski definition) is 4. The molecule has 1 amide bonds. The number of carbonyl (C=O) groups excluding carboxylic acids is 1. The van der Waals surface area contributed by atoms with E-state index >= 15 is 0 Å². The van der Waals surface area contributed by atoms with Crippen molar-refractivity contribution in [1.29, 1.82) is 0 Å². The minimum absolute atomic E-state index is 0.468. The van der Waals surface area contributed by atoms with Crippen molar-refractivity contribution in [2.24, 2.45) is 0 Å². The predicted molar refractivity (Wildman–Crippen MR) is 89.8 cm³/mol. The van der Waals surface area contributed by atoms with E-state index in [-0.39, 0.29) is 0 Å². The Morgan fingerprint density at radius 2 is 1.96 bits per heavy atom. The molecule has 0 saturated heterocycles. The molecule has 0 bridgehead atoms. The topological polar surface area (TPSA) is 70.6 Å². The van der Waals surface area contributed by atoms with Crippen LogP contribution in [0.5, 0.6) is 5.75 Å². The summed E-state index contributed by atoms with van der Waals surface area (Å²) in [5, 5.41) is 12.2. The molecule has 0 saturated carbocycles. The quantitative estimate of drug-likeness (QED) is 0.543. The van der Waals surface area contributed by atoms with Crippen LogP contribution in [-0.4, -0.2) is 24.3 Å². The van der Waals surface area contributed by atoms with Crippen LogP contribution in [0.4, 0.5) is 5.69 Å². The van der Waals surface area contributed by atoms with Crippen molar-refractivity contribution in [3.63, 3.8) is 0 Å². The fourth-order valence-corrected chi connectivity index (χ4v) is 2.42. The zero-order valence-electron chi connectivity index (χ0n) is 13.4. The summed E-state index contributed by atoms with van der Waals surface area (Å²) in [7, 11) is 1.58. The van der Waals surface area contributed by atoms with Crippen molar-refractivity contribution in [2.45, 2.75) is 25.8 Å². The number of hydrogen-bond donors (Lipinski definition) is 3. The number of hydroxylamine groups is 1. The lowest BCUT2D eigenvalue weighted by atomic mass is 10.0. The Bertz CT molecular complexity index is 644. The number of carbonyl (C=O) groups is 1. The molecule has 3 N–H and O–H groups in total. The molecule has 5 heteroatoms. The first-order chi connectivity index (χ1) is 11.1. The first kappa shape index (κ1) is 16.8. The highest BCUT2D eigenvalue weighted by atomic mass is 16.5. The molecule has 122 valence electrons. The number of methoxy groups -OCH3 is 1. The molecular formula is C18H22N2O3. The number of nitrogens with one attached hydrogen (secondary N) is 2. The van der Waals surface area contributed by atoms with Gasteiger partial charge in [-0.25, -0.2) is 5.48 Å². The highest BCUT2D eigenvalue weighted by Crippen LogP contribution is 2.26. The fourth-order valence-electron chi connectivity index (χ4n) is 2.42. The lowest BCUT2D eigenvalue weighted by molar-refractivity contribution is -0.130. The van der Waals surface area contributed by atoms with Crippen LogP contribution in [0.1, 0.15) is 17.5 Å². The summed E-state index contributed by atoms with van der Waals surface area (Å²) in [5.41, 5.74) is 4.66. The molecule has 5 nitrogen and oxygen atoms in total. The third-order valence-electron chi connectivity index (χ3n) is 3.68. The molecule has 1 atom stereocenters. The summed E-state index contributed by atoms with van der Waals surface area (Å²) in [6, 6.07) is 15.1. The molecule has 0 heterocycles. The second-order valence-electron chi connectivity index (χ2n) is 5.40. The van der Waals surface area contributed by atoms with Crippen LogP contribution >= 0.6 is 0 Å². The molecule has 2 aromatic rings. The standard InChI is InChI=1S/C18H22N2O3/c1-13-8-11-17(23-2)16(12-13)19-15(18(21)20-22)10-9-14-6-4-3-5-7-14/h3-8,11-12,15,19,22H,9-10H2,1-2H3,(H,20,21)/t15-/m0/s1. The highest BCUT2D eigenvalue weighted by molar-refractivity contribution is 5.84. The average molecular weight is 314 g/mol. The van der Waals surface area contributed by atoms with Crippen LogP contribution in [-0.2, 0) is 11.2 Å². The Morgan fingerprint density at radius 1 is 1.22 bits per heavy atom. The number of amides is 1. The maximum atomic E-state index is 12.0. The maximum Gasteiger partial charge on any atom is 0.265 e. The average Bonchev–Trinajstić information content (AvgIpc) is 2.59. The van der Waals surface area contributed by atoms with Gasteiger partial charge in [-0.05, 0) is 43.0 Å². The van der Waals surface area contributed by atoms with Gasteiger partial charge in [-0.3, -0.25) is 10.0 Å². The first-order valence-electron chi connectivity index (χ1n) is 7.53. The molecule has 2 rings (SSSR count). The number of benzene rings is 2. The van der Waals surface area contributed by atoms with Crippen LogP contribution in [0.3, 0.4) is 0 Å². The van der Waals surface area contributed by atoms with Crippen LogP contribution in [0, 0.1) is 6.92 Å². The Morgan fingerprint density at radius 3 is 2.61 bits per heavy atom. The minimum atomic E-state index is -0.559. The summed E-state index contributed by atoms with van der Waals surface area (Å²) < 4.78 is 5.32. The zero-order valence-corrected chi connectivity index (χ0v) is 13.4. The van der Waals surface area contributed by atoms with Crippen molar-refractivity contribution in [3.05, 3.63) is 59.7 Å². The van der Waals surface area contributed by atoms with Gasteiger partial charge in [0.25, 0.3) is 5.91 Å². The third kappa shape index (κ3) is 4.72. The Labute approximate surface area is 136 Å². The highest BCUT2D eigenvalue weighted by Gasteiger charge is 2.19. The third-order valence-corrected chi connectivity index (χ3v) is 3.68. The molecule has 0 unspecified atom stereocenters. The van der Waals surface area contributed by atoms with Gasteiger partial charge in [0.15, 0.2) is 0 Å². The van der Waals surface area contributed by atoms with E-state index in [1.54, 1.807) is 12.6 Å². The molecule has 0 aromatic heterocycles. The Balaban J connectivity index is 2.13. The SMILES string of the molecule is COc1ccc(C)cc1N[C@@H](CCc1ccccc1)C(=O)NO. The Kier molecular flexibility index (Phi) is 6.00. The molecule has 0 fully saturated rings. The van der Waals surface area contributed by atoms with E-state index in [0.717, 1.165) is 23.2 Å². The smallest absolute Gasteiger partial charge is 0.265 e. The van der Waals surface area contributed by atoms with Gasteiger partial charge in [-0.2, -0.15) is 0 Å². The van der Waals surface area contributed by atoms with Crippen LogP contribution in [0.25, 0.3) is 0 Å². The number of anilines is 1. The lowest BCUT2D eigenvalue weighted by Crippen LogP contribution is -2.38. The second-order valence-corrected chi connectivity index (χ2v) is 5.40. The van der Waals surface area contributed by atoms with Gasteiger partial charge >= 0.3 is 0 Å². The number of aryl methyl sites for hydroxylation is 2. The van der Waals surface area contributed by atoms with Gasteiger partial charge in [0, 0.05) is 0 Å². The van der Waals surface area contributed by atoms with Gasteiger partial charge in [0.2, 0.25) is 0 Å². The Hall–Kier alpha value is -2.53. The second kappa shape index (κ2) is 8.19. The van der Waals surface area contributed by atoms with E-state index in [1.165, 1.54) is 0 Å². The van der Waals surface area contributed by atoms with Gasteiger partial charge < -0.3 is 10.1 Å². The van der Waals surface area contributed by atoms with Gasteiger partial charge in [0.1, 0.15) is 11.8 Å². The van der Waals surface area contributed by atoms with Crippen LogP contribution in [0.2, 0.25) is 0 Å². The van der Waals surface area contributed by atoms with E-state index < -0.39 is 11.9 Å². The first-order valence-corrected chi connectivity index (χ1v) is 7.53. The number of rotatable bonds is 7. The lowest BCUT2D eigenvalue weighted by Gasteiger charge is -2.20. The number of ether oxygens (including phenoxy) is 1. The molecule has 0 aliphatic rings. The maximum absolute atomic E-state index is 12.0. The van der Waals surface area contributed by atoms with Crippen LogP contribution in [0.15, 0.2) is 48.5 Å².